The Morgan fingerprint density at radius 2 is 2.12 bits per heavy atom. The Balaban J connectivity index is 1.61. The zero-order chi connectivity index (χ0) is 16.9. The summed E-state index contributed by atoms with van der Waals surface area (Å²) in [6.45, 7) is 2.64. The molecule has 6 nitrogen and oxygen atoms in total. The zero-order valence-corrected chi connectivity index (χ0v) is 14.4. The third-order valence-corrected chi connectivity index (χ3v) is 5.77. The molecule has 1 aromatic carbocycles. The number of hydrogen-bond donors (Lipinski definition) is 2. The minimum absolute atomic E-state index is 0.0691. The number of fused-ring (bicyclic) bond motifs is 2. The lowest BCUT2D eigenvalue weighted by Crippen LogP contribution is -2.50. The van der Waals surface area contributed by atoms with E-state index in [-0.39, 0.29) is 11.8 Å². The van der Waals surface area contributed by atoms with E-state index in [0.29, 0.717) is 48.4 Å². The summed E-state index contributed by atoms with van der Waals surface area (Å²) >= 11 is 12.2. The molecule has 1 aromatic rings. The topological polar surface area (TPSA) is 70.7 Å². The van der Waals surface area contributed by atoms with Crippen molar-refractivity contribution >= 4 is 40.7 Å². The minimum atomic E-state index is -0.749. The molecule has 3 heterocycles. The molecule has 0 bridgehead atoms. The summed E-state index contributed by atoms with van der Waals surface area (Å²) in [4.78, 5) is 27.0. The zero-order valence-electron chi connectivity index (χ0n) is 12.9. The number of rotatable bonds is 1. The number of morpholine rings is 1. The quantitative estimate of drug-likeness (QED) is 0.784. The van der Waals surface area contributed by atoms with Crippen LogP contribution >= 0.6 is 23.2 Å². The van der Waals surface area contributed by atoms with Crippen molar-refractivity contribution in [1.82, 2.24) is 10.2 Å². The van der Waals surface area contributed by atoms with Crippen LogP contribution in [0.5, 0.6) is 0 Å². The molecule has 3 aliphatic heterocycles. The Morgan fingerprint density at radius 1 is 1.33 bits per heavy atom. The number of ether oxygens (including phenoxy) is 1. The van der Waals surface area contributed by atoms with Crippen molar-refractivity contribution < 1.29 is 14.3 Å². The molecule has 2 N–H and O–H groups in total. The second-order valence-electron chi connectivity index (χ2n) is 6.42. The van der Waals surface area contributed by atoms with Gasteiger partial charge in [-0.1, -0.05) is 23.2 Å². The highest BCUT2D eigenvalue weighted by Gasteiger charge is 2.53. The lowest BCUT2D eigenvalue weighted by Gasteiger charge is -2.28. The molecule has 1 spiro atoms. The maximum atomic E-state index is 12.7. The molecule has 0 saturated carbocycles. The number of likely N-dealkylation sites (tertiary alicyclic amines) is 1. The van der Waals surface area contributed by atoms with Crippen LogP contribution in [0.2, 0.25) is 10.0 Å². The molecule has 0 aliphatic carbocycles. The molecule has 2 amide bonds. The normalized spacial score (nSPS) is 29.0. The van der Waals surface area contributed by atoms with Gasteiger partial charge in [-0.15, -0.1) is 0 Å². The molecule has 2 saturated heterocycles. The molecule has 3 aliphatic rings. The molecule has 0 radical (unpaired) electrons. The molecule has 128 valence electrons. The molecular formula is C16H17Cl2N3O3. The number of halogens is 2. The first-order valence-electron chi connectivity index (χ1n) is 7.93. The van der Waals surface area contributed by atoms with Gasteiger partial charge in [-0.2, -0.15) is 0 Å². The van der Waals surface area contributed by atoms with Crippen molar-refractivity contribution in [2.75, 3.05) is 38.1 Å². The summed E-state index contributed by atoms with van der Waals surface area (Å²) in [7, 11) is 0. The molecule has 4 rings (SSSR count). The standard InChI is InChI=1S/C16H17Cl2N3O3/c17-10-5-9-12(6-11(10)18)20-15(23)16(9)1-3-21(8-16)14(22)13-7-19-2-4-24-13/h5-6,13,19H,1-4,7-8H2,(H,20,23)/t13-,16-/m1/s1. The summed E-state index contributed by atoms with van der Waals surface area (Å²) in [6, 6.07) is 3.41. The number of carbonyl (C=O) groups is 2. The van der Waals surface area contributed by atoms with Gasteiger partial charge in [0.05, 0.1) is 22.1 Å². The predicted octanol–water partition coefficient (Wildman–Crippen LogP) is 1.40. The Bertz CT molecular complexity index is 721. The summed E-state index contributed by atoms with van der Waals surface area (Å²) in [6.07, 6.45) is 0.0852. The van der Waals surface area contributed by atoms with Gasteiger partial charge in [-0.25, -0.2) is 0 Å². The van der Waals surface area contributed by atoms with E-state index in [4.69, 9.17) is 27.9 Å². The molecule has 2 fully saturated rings. The van der Waals surface area contributed by atoms with Crippen molar-refractivity contribution in [1.29, 1.82) is 0 Å². The first kappa shape index (κ1) is 16.1. The average molecular weight is 370 g/mol. The van der Waals surface area contributed by atoms with E-state index in [1.54, 1.807) is 17.0 Å². The van der Waals surface area contributed by atoms with E-state index in [2.05, 4.69) is 10.6 Å². The van der Waals surface area contributed by atoms with E-state index in [9.17, 15) is 9.59 Å². The van der Waals surface area contributed by atoms with Crippen LogP contribution < -0.4 is 10.6 Å². The van der Waals surface area contributed by atoms with Gasteiger partial charge in [0, 0.05) is 31.9 Å². The molecule has 0 aromatic heterocycles. The third-order valence-electron chi connectivity index (χ3n) is 5.04. The highest BCUT2D eigenvalue weighted by molar-refractivity contribution is 6.42. The van der Waals surface area contributed by atoms with Gasteiger partial charge in [0.2, 0.25) is 5.91 Å². The minimum Gasteiger partial charge on any atom is -0.366 e. The molecule has 24 heavy (non-hydrogen) atoms. The van der Waals surface area contributed by atoms with Crippen LogP contribution in [-0.4, -0.2) is 55.6 Å². The summed E-state index contributed by atoms with van der Waals surface area (Å²) in [5.41, 5.74) is 0.751. The van der Waals surface area contributed by atoms with Crippen LogP contribution in [-0.2, 0) is 19.7 Å². The van der Waals surface area contributed by atoms with Gasteiger partial charge < -0.3 is 20.3 Å². The summed E-state index contributed by atoms with van der Waals surface area (Å²) in [5.74, 6) is -0.172. The lowest BCUT2D eigenvalue weighted by atomic mass is 9.81. The molecule has 2 atom stereocenters. The SMILES string of the molecule is O=C([C@H]1CNCCO1)N1CC[C@]2(C1)C(=O)Nc1cc(Cl)c(Cl)cc12. The number of nitrogens with one attached hydrogen (secondary N) is 2. The smallest absolute Gasteiger partial charge is 0.253 e. The second kappa shape index (κ2) is 5.88. The van der Waals surface area contributed by atoms with Gasteiger partial charge in [0.15, 0.2) is 0 Å². The number of benzene rings is 1. The second-order valence-corrected chi connectivity index (χ2v) is 7.24. The first-order chi connectivity index (χ1) is 11.5. The van der Waals surface area contributed by atoms with Gasteiger partial charge in [-0.3, -0.25) is 9.59 Å². The van der Waals surface area contributed by atoms with Crippen molar-refractivity contribution in [3.63, 3.8) is 0 Å². The fraction of sp³-hybridized carbons (Fsp3) is 0.500. The number of amides is 2. The Labute approximate surface area is 149 Å². The van der Waals surface area contributed by atoms with Crippen LogP contribution in [0, 0.1) is 0 Å². The fourth-order valence-electron chi connectivity index (χ4n) is 3.74. The number of hydrogen-bond acceptors (Lipinski definition) is 4. The highest BCUT2D eigenvalue weighted by Crippen LogP contribution is 2.46. The van der Waals surface area contributed by atoms with Crippen LogP contribution in [0.15, 0.2) is 12.1 Å². The number of nitrogens with zero attached hydrogens (tertiary/aromatic N) is 1. The van der Waals surface area contributed by atoms with Gasteiger partial charge in [-0.05, 0) is 24.1 Å². The van der Waals surface area contributed by atoms with Gasteiger partial charge in [0.25, 0.3) is 5.91 Å². The number of carbonyl (C=O) groups excluding carboxylic acids is 2. The lowest BCUT2D eigenvalue weighted by molar-refractivity contribution is -0.144. The Morgan fingerprint density at radius 3 is 2.88 bits per heavy atom. The van der Waals surface area contributed by atoms with Gasteiger partial charge in [0.1, 0.15) is 6.10 Å². The highest BCUT2D eigenvalue weighted by atomic mass is 35.5. The average Bonchev–Trinajstić information content (AvgIpc) is 3.13. The summed E-state index contributed by atoms with van der Waals surface area (Å²) < 4.78 is 5.54. The van der Waals surface area contributed by atoms with Crippen molar-refractivity contribution in [2.24, 2.45) is 0 Å². The largest absolute Gasteiger partial charge is 0.366 e. The monoisotopic (exact) mass is 369 g/mol. The Hall–Kier alpha value is -1.34. The third kappa shape index (κ3) is 2.40. The van der Waals surface area contributed by atoms with Gasteiger partial charge >= 0.3 is 0 Å². The van der Waals surface area contributed by atoms with E-state index >= 15 is 0 Å². The molecule has 8 heteroatoms. The van der Waals surface area contributed by atoms with E-state index in [1.165, 1.54) is 0 Å². The predicted molar refractivity (Wildman–Crippen MR) is 90.6 cm³/mol. The first-order valence-corrected chi connectivity index (χ1v) is 8.69. The fourth-order valence-corrected chi connectivity index (χ4v) is 4.07. The van der Waals surface area contributed by atoms with Crippen LogP contribution in [0.1, 0.15) is 12.0 Å². The van der Waals surface area contributed by atoms with E-state index < -0.39 is 11.5 Å². The van der Waals surface area contributed by atoms with Crippen LogP contribution in [0.25, 0.3) is 0 Å². The van der Waals surface area contributed by atoms with Crippen molar-refractivity contribution in [3.8, 4) is 0 Å². The maximum Gasteiger partial charge on any atom is 0.253 e. The maximum absolute atomic E-state index is 12.7. The van der Waals surface area contributed by atoms with Crippen molar-refractivity contribution in [3.05, 3.63) is 27.7 Å². The van der Waals surface area contributed by atoms with Crippen LogP contribution in [0.3, 0.4) is 0 Å². The van der Waals surface area contributed by atoms with E-state index in [1.807, 2.05) is 0 Å². The number of anilines is 1. The molecule has 0 unspecified atom stereocenters. The molecular weight excluding hydrogens is 353 g/mol. The van der Waals surface area contributed by atoms with Crippen LogP contribution in [0.4, 0.5) is 5.69 Å². The summed E-state index contributed by atoms with van der Waals surface area (Å²) in [5, 5.41) is 6.84. The van der Waals surface area contributed by atoms with Crippen molar-refractivity contribution in [2.45, 2.75) is 17.9 Å². The van der Waals surface area contributed by atoms with E-state index in [0.717, 1.165) is 12.1 Å². The Kier molecular flexibility index (Phi) is 3.95.